The highest BCUT2D eigenvalue weighted by Crippen LogP contribution is 2.37. The minimum Gasteiger partial charge on any atom is -0.256 e. The molecule has 0 unspecified atom stereocenters. The molecule has 0 amide bonds. The first-order valence-electron chi connectivity index (χ1n) is 5.69. The SMILES string of the molecule is CN(N=O)C1C(N(C)N=O)C(N(C)N=O)C1N(C)N=O. The number of likely N-dealkylation sites (N-methyl/N-ethyl adjacent to an activating group) is 4. The molecule has 0 atom stereocenters. The van der Waals surface area contributed by atoms with Gasteiger partial charge in [0.05, 0.1) is 45.3 Å². The summed E-state index contributed by atoms with van der Waals surface area (Å²) < 4.78 is 0. The van der Waals surface area contributed by atoms with Crippen molar-refractivity contribution in [1.29, 1.82) is 0 Å². The number of nitrogens with zero attached hydrogens (tertiary/aromatic N) is 8. The van der Waals surface area contributed by atoms with Crippen molar-refractivity contribution in [1.82, 2.24) is 20.0 Å². The van der Waals surface area contributed by atoms with Gasteiger partial charge in [-0.15, -0.1) is 19.6 Å². The summed E-state index contributed by atoms with van der Waals surface area (Å²) in [5, 5.41) is 15.4. The van der Waals surface area contributed by atoms with Crippen molar-refractivity contribution in [3.05, 3.63) is 19.6 Å². The zero-order chi connectivity index (χ0) is 15.4. The fourth-order valence-electron chi connectivity index (χ4n) is 2.65. The van der Waals surface area contributed by atoms with Gasteiger partial charge in [0.1, 0.15) is 0 Å². The largest absolute Gasteiger partial charge is 0.256 e. The summed E-state index contributed by atoms with van der Waals surface area (Å²) in [6.45, 7) is 0. The van der Waals surface area contributed by atoms with Crippen LogP contribution in [0.1, 0.15) is 0 Å². The maximum Gasteiger partial charge on any atom is 0.0984 e. The van der Waals surface area contributed by atoms with E-state index in [9.17, 15) is 19.6 Å². The maximum absolute atomic E-state index is 10.7. The molecular formula is C8H16N8O4. The second-order valence-electron chi connectivity index (χ2n) is 4.58. The smallest absolute Gasteiger partial charge is 0.0984 e. The number of hydrogen-bond acceptors (Lipinski definition) is 8. The van der Waals surface area contributed by atoms with Gasteiger partial charge in [-0.1, -0.05) is 0 Å². The first-order valence-corrected chi connectivity index (χ1v) is 5.69. The van der Waals surface area contributed by atoms with Gasteiger partial charge in [0, 0.05) is 28.2 Å². The van der Waals surface area contributed by atoms with Crippen molar-refractivity contribution in [2.75, 3.05) is 28.2 Å². The third-order valence-electron chi connectivity index (χ3n) is 3.64. The van der Waals surface area contributed by atoms with Gasteiger partial charge in [0.15, 0.2) is 0 Å². The number of hydrogen-bond donors (Lipinski definition) is 0. The van der Waals surface area contributed by atoms with Gasteiger partial charge in [0.25, 0.3) is 0 Å². The lowest BCUT2D eigenvalue weighted by Gasteiger charge is -2.56. The molecule has 0 bridgehead atoms. The van der Waals surface area contributed by atoms with E-state index in [4.69, 9.17) is 0 Å². The second-order valence-corrected chi connectivity index (χ2v) is 4.58. The monoisotopic (exact) mass is 288 g/mol. The molecule has 0 spiro atoms. The van der Waals surface area contributed by atoms with Crippen molar-refractivity contribution in [2.45, 2.75) is 24.2 Å². The molecule has 112 valence electrons. The van der Waals surface area contributed by atoms with Crippen LogP contribution in [0.5, 0.6) is 0 Å². The predicted molar refractivity (Wildman–Crippen MR) is 69.4 cm³/mol. The summed E-state index contributed by atoms with van der Waals surface area (Å²) >= 11 is 0. The van der Waals surface area contributed by atoms with Crippen LogP contribution in [0.25, 0.3) is 0 Å². The molecule has 1 aliphatic carbocycles. The summed E-state index contributed by atoms with van der Waals surface area (Å²) in [5.41, 5.74) is 0. The summed E-state index contributed by atoms with van der Waals surface area (Å²) in [6, 6.07) is -2.53. The van der Waals surface area contributed by atoms with Crippen LogP contribution in [0, 0.1) is 19.6 Å². The predicted octanol–water partition coefficient (Wildman–Crippen LogP) is -0.0728. The van der Waals surface area contributed by atoms with Crippen LogP contribution in [0.4, 0.5) is 0 Å². The lowest BCUT2D eigenvalue weighted by atomic mass is 9.73. The molecule has 0 saturated heterocycles. The molecule has 1 saturated carbocycles. The van der Waals surface area contributed by atoms with Crippen LogP contribution in [0.3, 0.4) is 0 Å². The molecule has 0 aromatic rings. The van der Waals surface area contributed by atoms with E-state index in [1.165, 1.54) is 28.2 Å². The van der Waals surface area contributed by atoms with Gasteiger partial charge < -0.3 is 0 Å². The van der Waals surface area contributed by atoms with E-state index in [2.05, 4.69) is 21.1 Å². The fraction of sp³-hybridized carbons (Fsp3) is 1.00. The molecular weight excluding hydrogens is 272 g/mol. The number of nitroso groups, excluding NO2 is 4. The third-order valence-corrected chi connectivity index (χ3v) is 3.64. The standard InChI is InChI=1S/C8H16N8O4/c1-13(9-17)5-6(14(2)10-18)8(16(4)12-20)7(5)15(3)11-19/h5-8H,1-4H3. The van der Waals surface area contributed by atoms with Gasteiger partial charge in [-0.2, -0.15) is 0 Å². The van der Waals surface area contributed by atoms with E-state index in [0.717, 1.165) is 20.0 Å². The van der Waals surface area contributed by atoms with Crippen molar-refractivity contribution >= 4 is 0 Å². The Kier molecular flexibility index (Phi) is 4.83. The van der Waals surface area contributed by atoms with Crippen LogP contribution in [0.2, 0.25) is 0 Å². The van der Waals surface area contributed by atoms with E-state index in [0.29, 0.717) is 0 Å². The van der Waals surface area contributed by atoms with Crippen molar-refractivity contribution < 1.29 is 0 Å². The van der Waals surface area contributed by atoms with Gasteiger partial charge in [-0.05, 0) is 0 Å². The Hall–Kier alpha value is -2.40. The minimum atomic E-state index is -0.632. The topological polar surface area (TPSA) is 131 Å². The summed E-state index contributed by atoms with van der Waals surface area (Å²) in [7, 11) is 5.61. The summed E-state index contributed by atoms with van der Waals surface area (Å²) in [4.78, 5) is 42.9. The summed E-state index contributed by atoms with van der Waals surface area (Å²) in [5.74, 6) is 0. The van der Waals surface area contributed by atoms with Crippen LogP contribution in [-0.4, -0.2) is 72.4 Å². The molecule has 0 aliphatic heterocycles. The zero-order valence-corrected chi connectivity index (χ0v) is 11.5. The van der Waals surface area contributed by atoms with Gasteiger partial charge >= 0.3 is 0 Å². The second kappa shape index (κ2) is 6.16. The Labute approximate surface area is 114 Å². The first-order chi connectivity index (χ1) is 9.44. The highest BCUT2D eigenvalue weighted by Gasteiger charge is 2.60. The van der Waals surface area contributed by atoms with Gasteiger partial charge in [-0.3, -0.25) is 20.0 Å². The fourth-order valence-corrected chi connectivity index (χ4v) is 2.65. The Bertz CT molecular complexity index is 315. The molecule has 12 heteroatoms. The highest BCUT2D eigenvalue weighted by molar-refractivity contribution is 5.14. The Morgan fingerprint density at radius 2 is 0.650 bits per heavy atom. The molecule has 0 aromatic carbocycles. The third kappa shape index (κ3) is 2.35. The van der Waals surface area contributed by atoms with Crippen LogP contribution in [0.15, 0.2) is 21.1 Å². The van der Waals surface area contributed by atoms with E-state index in [1.807, 2.05) is 0 Å². The summed E-state index contributed by atoms with van der Waals surface area (Å²) in [6.07, 6.45) is 0. The Balaban J connectivity index is 3.15. The molecule has 1 fully saturated rings. The van der Waals surface area contributed by atoms with E-state index < -0.39 is 24.2 Å². The molecule has 0 radical (unpaired) electrons. The van der Waals surface area contributed by atoms with Crippen LogP contribution in [-0.2, 0) is 0 Å². The molecule has 1 rings (SSSR count). The molecule has 1 aliphatic rings. The zero-order valence-electron chi connectivity index (χ0n) is 11.5. The van der Waals surface area contributed by atoms with E-state index >= 15 is 0 Å². The average molecular weight is 288 g/mol. The van der Waals surface area contributed by atoms with E-state index in [1.54, 1.807) is 0 Å². The van der Waals surface area contributed by atoms with Crippen LogP contribution >= 0.6 is 0 Å². The molecule has 0 N–H and O–H groups in total. The lowest BCUT2D eigenvalue weighted by molar-refractivity contribution is -0.111. The minimum absolute atomic E-state index is 0.632. The van der Waals surface area contributed by atoms with Crippen LogP contribution < -0.4 is 0 Å². The molecule has 12 nitrogen and oxygen atoms in total. The Morgan fingerprint density at radius 1 is 0.500 bits per heavy atom. The molecule has 0 heterocycles. The van der Waals surface area contributed by atoms with Crippen molar-refractivity contribution in [3.8, 4) is 0 Å². The van der Waals surface area contributed by atoms with E-state index in [-0.39, 0.29) is 0 Å². The normalized spacial score (nSPS) is 27.8. The number of rotatable bonds is 8. The maximum atomic E-state index is 10.7. The Morgan fingerprint density at radius 3 is 0.750 bits per heavy atom. The highest BCUT2D eigenvalue weighted by atomic mass is 16.3. The van der Waals surface area contributed by atoms with Gasteiger partial charge in [-0.25, -0.2) is 0 Å². The first kappa shape index (κ1) is 15.7. The quantitative estimate of drug-likeness (QED) is 0.448. The molecule has 20 heavy (non-hydrogen) atoms. The lowest BCUT2D eigenvalue weighted by Crippen LogP contribution is -2.78. The van der Waals surface area contributed by atoms with Crippen molar-refractivity contribution in [2.24, 2.45) is 21.1 Å². The molecule has 0 aromatic heterocycles. The average Bonchev–Trinajstić information content (AvgIpc) is 2.44. The van der Waals surface area contributed by atoms with Gasteiger partial charge in [0.2, 0.25) is 0 Å². The van der Waals surface area contributed by atoms with Crippen molar-refractivity contribution in [3.63, 3.8) is 0 Å².